The number of quaternary nitrogens is 1. The van der Waals surface area contributed by atoms with Crippen molar-refractivity contribution in [3.8, 4) is 0 Å². The molecular formula is C17H24N3O2+. The van der Waals surface area contributed by atoms with E-state index in [4.69, 9.17) is 0 Å². The lowest BCUT2D eigenvalue weighted by molar-refractivity contribution is -0.718. The first-order chi connectivity index (χ1) is 10.6. The highest BCUT2D eigenvalue weighted by Crippen LogP contribution is 2.18. The summed E-state index contributed by atoms with van der Waals surface area (Å²) >= 11 is 0. The topological polar surface area (TPSA) is 74.8 Å². The summed E-state index contributed by atoms with van der Waals surface area (Å²) in [5.74, 6) is -0.0983. The van der Waals surface area contributed by atoms with E-state index < -0.39 is 0 Å². The van der Waals surface area contributed by atoms with Crippen molar-refractivity contribution >= 4 is 17.5 Å². The first-order valence-electron chi connectivity index (χ1n) is 8.14. The summed E-state index contributed by atoms with van der Waals surface area (Å²) in [6, 6.07) is 8.12. The molecule has 2 aliphatic rings. The molecule has 5 heteroatoms. The van der Waals surface area contributed by atoms with Crippen LogP contribution in [-0.2, 0) is 9.59 Å². The zero-order chi connectivity index (χ0) is 15.5. The van der Waals surface area contributed by atoms with Crippen LogP contribution in [0.3, 0.4) is 0 Å². The molecule has 0 spiro atoms. The SMILES string of the molecule is Cc1cccc(NC(=O)C[C@H]2[NH2+][C@@H]3CCCC[C@@H]3NC2=O)c1. The van der Waals surface area contributed by atoms with Gasteiger partial charge in [-0.3, -0.25) is 9.59 Å². The molecule has 1 saturated carbocycles. The van der Waals surface area contributed by atoms with Gasteiger partial charge in [-0.25, -0.2) is 0 Å². The van der Waals surface area contributed by atoms with Crippen LogP contribution < -0.4 is 16.0 Å². The van der Waals surface area contributed by atoms with Crippen LogP contribution >= 0.6 is 0 Å². The predicted molar refractivity (Wildman–Crippen MR) is 84.3 cm³/mol. The lowest BCUT2D eigenvalue weighted by Gasteiger charge is -2.37. The number of carbonyl (C=O) groups is 2. The van der Waals surface area contributed by atoms with Gasteiger partial charge in [0.05, 0.1) is 12.5 Å². The molecule has 1 aliphatic heterocycles. The maximum absolute atomic E-state index is 12.2. The van der Waals surface area contributed by atoms with Gasteiger partial charge in [-0.1, -0.05) is 18.6 Å². The lowest BCUT2D eigenvalue weighted by atomic mass is 9.87. The van der Waals surface area contributed by atoms with E-state index in [9.17, 15) is 9.59 Å². The van der Waals surface area contributed by atoms with Gasteiger partial charge in [-0.05, 0) is 37.5 Å². The molecule has 1 aromatic carbocycles. The minimum atomic E-state index is -0.302. The van der Waals surface area contributed by atoms with Crippen molar-refractivity contribution < 1.29 is 14.9 Å². The van der Waals surface area contributed by atoms with E-state index in [0.717, 1.165) is 24.1 Å². The molecule has 5 nitrogen and oxygen atoms in total. The highest BCUT2D eigenvalue weighted by molar-refractivity contribution is 5.95. The number of aryl methyl sites for hydroxylation is 1. The van der Waals surface area contributed by atoms with Gasteiger partial charge in [-0.15, -0.1) is 0 Å². The van der Waals surface area contributed by atoms with Crippen LogP contribution in [0.1, 0.15) is 37.7 Å². The molecule has 0 radical (unpaired) electrons. The fourth-order valence-corrected chi connectivity index (χ4v) is 3.54. The average Bonchev–Trinajstić information content (AvgIpc) is 2.48. The Morgan fingerprint density at radius 3 is 3.00 bits per heavy atom. The molecule has 118 valence electrons. The van der Waals surface area contributed by atoms with E-state index in [-0.39, 0.29) is 30.3 Å². The van der Waals surface area contributed by atoms with E-state index in [1.165, 1.54) is 12.8 Å². The van der Waals surface area contributed by atoms with Crippen molar-refractivity contribution in [1.82, 2.24) is 5.32 Å². The normalized spacial score (nSPS) is 27.7. The minimum Gasteiger partial charge on any atom is -0.342 e. The summed E-state index contributed by atoms with van der Waals surface area (Å²) < 4.78 is 0. The molecule has 4 N–H and O–H groups in total. The third-order valence-corrected chi connectivity index (χ3v) is 4.67. The molecule has 0 unspecified atom stereocenters. The van der Waals surface area contributed by atoms with Crippen molar-refractivity contribution in [1.29, 1.82) is 0 Å². The highest BCUT2D eigenvalue weighted by atomic mass is 16.2. The van der Waals surface area contributed by atoms with E-state index in [1.54, 1.807) is 0 Å². The van der Waals surface area contributed by atoms with Gasteiger partial charge in [0.2, 0.25) is 5.91 Å². The van der Waals surface area contributed by atoms with Crippen molar-refractivity contribution in [2.45, 2.75) is 57.2 Å². The Labute approximate surface area is 130 Å². The number of piperazine rings is 1. The molecular weight excluding hydrogens is 278 g/mol. The number of fused-ring (bicyclic) bond motifs is 1. The van der Waals surface area contributed by atoms with E-state index >= 15 is 0 Å². The fraction of sp³-hybridized carbons (Fsp3) is 0.529. The molecule has 1 aliphatic carbocycles. The Balaban J connectivity index is 1.57. The standard InChI is InChI=1S/C17H23N3O2/c1-11-5-4-6-12(9-11)18-16(21)10-15-17(22)20-14-8-3-2-7-13(14)19-15/h4-6,9,13-15,19H,2-3,7-8,10H2,1H3,(H,18,21)(H,20,22)/p+1/t13-,14+,15-/m1/s1. The van der Waals surface area contributed by atoms with Gasteiger partial charge in [0.25, 0.3) is 5.91 Å². The molecule has 3 rings (SSSR count). The quantitative estimate of drug-likeness (QED) is 0.769. The molecule has 0 bridgehead atoms. The Hall–Kier alpha value is -1.88. The summed E-state index contributed by atoms with van der Waals surface area (Å²) in [6.45, 7) is 1.99. The zero-order valence-corrected chi connectivity index (χ0v) is 13.0. The van der Waals surface area contributed by atoms with Crippen LogP contribution in [0.5, 0.6) is 0 Å². The van der Waals surface area contributed by atoms with Crippen molar-refractivity contribution in [2.75, 3.05) is 5.32 Å². The summed E-state index contributed by atoms with van der Waals surface area (Å²) in [6.07, 6.45) is 4.82. The van der Waals surface area contributed by atoms with Crippen LogP contribution in [0.2, 0.25) is 0 Å². The second-order valence-corrected chi connectivity index (χ2v) is 6.48. The number of hydrogen-bond donors (Lipinski definition) is 3. The average molecular weight is 302 g/mol. The number of hydrogen-bond acceptors (Lipinski definition) is 2. The number of nitrogens with two attached hydrogens (primary N) is 1. The van der Waals surface area contributed by atoms with Crippen molar-refractivity contribution in [2.24, 2.45) is 0 Å². The second kappa shape index (κ2) is 6.48. The smallest absolute Gasteiger partial charge is 0.279 e. The van der Waals surface area contributed by atoms with Gasteiger partial charge in [-0.2, -0.15) is 0 Å². The number of rotatable bonds is 3. The van der Waals surface area contributed by atoms with Crippen LogP contribution in [0, 0.1) is 6.92 Å². The second-order valence-electron chi connectivity index (χ2n) is 6.48. The zero-order valence-electron chi connectivity index (χ0n) is 13.0. The first kappa shape index (κ1) is 15.0. The van der Waals surface area contributed by atoms with E-state index in [2.05, 4.69) is 16.0 Å². The van der Waals surface area contributed by atoms with Gasteiger partial charge < -0.3 is 16.0 Å². The summed E-state index contributed by atoms with van der Waals surface area (Å²) in [4.78, 5) is 24.4. The monoisotopic (exact) mass is 302 g/mol. The Kier molecular flexibility index (Phi) is 4.43. The van der Waals surface area contributed by atoms with Crippen LogP contribution in [0.15, 0.2) is 24.3 Å². The largest absolute Gasteiger partial charge is 0.342 e. The third kappa shape index (κ3) is 3.47. The van der Waals surface area contributed by atoms with Crippen LogP contribution in [0.4, 0.5) is 5.69 Å². The van der Waals surface area contributed by atoms with Gasteiger partial charge in [0.1, 0.15) is 6.04 Å². The Morgan fingerprint density at radius 1 is 1.36 bits per heavy atom. The minimum absolute atomic E-state index is 0.00235. The molecule has 1 aromatic rings. The van der Waals surface area contributed by atoms with Crippen molar-refractivity contribution in [3.05, 3.63) is 29.8 Å². The first-order valence-corrected chi connectivity index (χ1v) is 8.14. The number of benzene rings is 1. The predicted octanol–water partition coefficient (Wildman–Crippen LogP) is 0.697. The van der Waals surface area contributed by atoms with Crippen molar-refractivity contribution in [3.63, 3.8) is 0 Å². The van der Waals surface area contributed by atoms with Gasteiger partial charge in [0, 0.05) is 12.1 Å². The molecule has 0 aromatic heterocycles. The maximum atomic E-state index is 12.2. The Bertz CT molecular complexity index is 573. The molecule has 2 fully saturated rings. The highest BCUT2D eigenvalue weighted by Gasteiger charge is 2.40. The molecule has 1 saturated heterocycles. The lowest BCUT2D eigenvalue weighted by Crippen LogP contribution is -3.03. The summed E-state index contributed by atoms with van der Waals surface area (Å²) in [5.41, 5.74) is 1.89. The number of carbonyl (C=O) groups excluding carboxylic acids is 2. The molecule has 3 atom stereocenters. The van der Waals surface area contributed by atoms with Gasteiger partial charge >= 0.3 is 0 Å². The van der Waals surface area contributed by atoms with Crippen LogP contribution in [0.25, 0.3) is 0 Å². The molecule has 2 amide bonds. The number of nitrogens with one attached hydrogen (secondary N) is 2. The van der Waals surface area contributed by atoms with E-state index in [1.807, 2.05) is 31.2 Å². The molecule has 22 heavy (non-hydrogen) atoms. The number of amides is 2. The Morgan fingerprint density at radius 2 is 2.18 bits per heavy atom. The third-order valence-electron chi connectivity index (χ3n) is 4.67. The molecule has 1 heterocycles. The van der Waals surface area contributed by atoms with Crippen LogP contribution in [-0.4, -0.2) is 29.9 Å². The fourth-order valence-electron chi connectivity index (χ4n) is 3.54. The number of anilines is 1. The summed E-state index contributed by atoms with van der Waals surface area (Å²) in [5, 5.41) is 8.09. The van der Waals surface area contributed by atoms with Gasteiger partial charge in [0.15, 0.2) is 6.04 Å². The van der Waals surface area contributed by atoms with E-state index in [0.29, 0.717) is 6.04 Å². The summed E-state index contributed by atoms with van der Waals surface area (Å²) in [7, 11) is 0. The maximum Gasteiger partial charge on any atom is 0.279 e.